The van der Waals surface area contributed by atoms with Crippen molar-refractivity contribution in [1.29, 1.82) is 0 Å². The molecule has 0 spiro atoms. The van der Waals surface area contributed by atoms with Crippen molar-refractivity contribution in [3.05, 3.63) is 59.8 Å². The number of para-hydroxylation sites is 1. The highest BCUT2D eigenvalue weighted by Crippen LogP contribution is 2.17. The van der Waals surface area contributed by atoms with Crippen molar-refractivity contribution in [2.24, 2.45) is 0 Å². The summed E-state index contributed by atoms with van der Waals surface area (Å²) in [5.41, 5.74) is 0.599. The van der Waals surface area contributed by atoms with Gasteiger partial charge in [0.05, 0.1) is 5.56 Å². The lowest BCUT2D eigenvalue weighted by molar-refractivity contribution is 0.0696. The summed E-state index contributed by atoms with van der Waals surface area (Å²) in [6, 6.07) is 8.99. The van der Waals surface area contributed by atoms with Crippen molar-refractivity contribution in [2.45, 2.75) is 6.61 Å². The molecule has 2 heterocycles. The Morgan fingerprint density at radius 3 is 2.81 bits per heavy atom. The van der Waals surface area contributed by atoms with E-state index in [-0.39, 0.29) is 17.9 Å². The average molecular weight is 287 g/mol. The van der Waals surface area contributed by atoms with Crippen LogP contribution in [0.5, 0.6) is 5.75 Å². The van der Waals surface area contributed by atoms with Crippen LogP contribution in [0.25, 0.3) is 5.65 Å². The van der Waals surface area contributed by atoms with Crippen LogP contribution in [0.3, 0.4) is 0 Å². The van der Waals surface area contributed by atoms with Crippen molar-refractivity contribution < 1.29 is 19.0 Å². The SMILES string of the molecule is O=C(O)c1ccc2nnc(COc3ccccc3F)n2c1. The molecule has 0 saturated heterocycles. The number of carboxylic acids is 1. The first kappa shape index (κ1) is 13.0. The van der Waals surface area contributed by atoms with Crippen molar-refractivity contribution in [3.8, 4) is 5.75 Å². The minimum absolute atomic E-state index is 0.0226. The molecule has 0 aliphatic heterocycles. The van der Waals surface area contributed by atoms with Gasteiger partial charge in [-0.1, -0.05) is 12.1 Å². The predicted octanol–water partition coefficient (Wildman–Crippen LogP) is 2.15. The van der Waals surface area contributed by atoms with E-state index < -0.39 is 11.8 Å². The quantitative estimate of drug-likeness (QED) is 0.795. The summed E-state index contributed by atoms with van der Waals surface area (Å²) in [5, 5.41) is 16.8. The Hall–Kier alpha value is -2.96. The number of carboxylic acid groups (broad SMARTS) is 1. The summed E-state index contributed by atoms with van der Waals surface area (Å²) >= 11 is 0. The van der Waals surface area contributed by atoms with Crippen LogP contribution in [0.4, 0.5) is 4.39 Å². The number of pyridine rings is 1. The van der Waals surface area contributed by atoms with Crippen LogP contribution in [0.2, 0.25) is 0 Å². The molecule has 2 aromatic heterocycles. The van der Waals surface area contributed by atoms with Gasteiger partial charge in [0, 0.05) is 6.20 Å². The van der Waals surface area contributed by atoms with Gasteiger partial charge in [-0.2, -0.15) is 0 Å². The second kappa shape index (κ2) is 5.20. The fraction of sp³-hybridized carbons (Fsp3) is 0.0714. The molecule has 0 saturated carbocycles. The van der Waals surface area contributed by atoms with E-state index in [0.29, 0.717) is 11.5 Å². The summed E-state index contributed by atoms with van der Waals surface area (Å²) in [4.78, 5) is 11.0. The molecule has 0 bridgehead atoms. The molecule has 106 valence electrons. The number of hydrogen-bond donors (Lipinski definition) is 1. The van der Waals surface area contributed by atoms with E-state index in [4.69, 9.17) is 9.84 Å². The van der Waals surface area contributed by atoms with Crippen LogP contribution >= 0.6 is 0 Å². The van der Waals surface area contributed by atoms with Gasteiger partial charge in [0.2, 0.25) is 0 Å². The van der Waals surface area contributed by atoms with Crippen molar-refractivity contribution in [1.82, 2.24) is 14.6 Å². The lowest BCUT2D eigenvalue weighted by Crippen LogP contribution is -2.04. The molecule has 6 nitrogen and oxygen atoms in total. The molecule has 0 aliphatic rings. The molecule has 7 heteroatoms. The third-order valence-corrected chi connectivity index (χ3v) is 2.91. The number of nitrogens with zero attached hydrogens (tertiary/aromatic N) is 3. The molecule has 1 N–H and O–H groups in total. The first-order valence-corrected chi connectivity index (χ1v) is 6.09. The lowest BCUT2D eigenvalue weighted by Gasteiger charge is -2.06. The van der Waals surface area contributed by atoms with Gasteiger partial charge in [-0.25, -0.2) is 9.18 Å². The molecule has 0 amide bonds. The molecule has 0 fully saturated rings. The summed E-state index contributed by atoms with van der Waals surface area (Å²) in [6.07, 6.45) is 1.40. The average Bonchev–Trinajstić information content (AvgIpc) is 2.88. The highest BCUT2D eigenvalue weighted by Gasteiger charge is 2.10. The second-order valence-corrected chi connectivity index (χ2v) is 4.29. The third kappa shape index (κ3) is 2.53. The number of aromatic carboxylic acids is 1. The van der Waals surface area contributed by atoms with Gasteiger partial charge in [-0.3, -0.25) is 4.40 Å². The highest BCUT2D eigenvalue weighted by molar-refractivity contribution is 5.87. The van der Waals surface area contributed by atoms with Crippen LogP contribution in [-0.2, 0) is 6.61 Å². The number of benzene rings is 1. The fourth-order valence-corrected chi connectivity index (χ4v) is 1.87. The largest absolute Gasteiger partial charge is 0.483 e. The van der Waals surface area contributed by atoms with Crippen molar-refractivity contribution in [3.63, 3.8) is 0 Å². The molecule has 1 aromatic carbocycles. The standard InChI is InChI=1S/C14H10FN3O3/c15-10-3-1-2-4-11(10)21-8-13-17-16-12-6-5-9(14(19)20)7-18(12)13/h1-7H,8H2,(H,19,20). The maximum absolute atomic E-state index is 13.5. The molecule has 0 aliphatic carbocycles. The van der Waals surface area contributed by atoms with Gasteiger partial charge >= 0.3 is 5.97 Å². The molecule has 0 unspecified atom stereocenters. The van der Waals surface area contributed by atoms with Crippen LogP contribution in [-0.4, -0.2) is 25.7 Å². The van der Waals surface area contributed by atoms with Crippen LogP contribution in [0, 0.1) is 5.82 Å². The minimum atomic E-state index is -1.05. The molecule has 0 radical (unpaired) electrons. The Morgan fingerprint density at radius 1 is 1.24 bits per heavy atom. The van der Waals surface area contributed by atoms with E-state index in [1.54, 1.807) is 18.2 Å². The first-order valence-electron chi connectivity index (χ1n) is 6.09. The van der Waals surface area contributed by atoms with E-state index in [9.17, 15) is 9.18 Å². The summed E-state index contributed by atoms with van der Waals surface area (Å²) < 4.78 is 20.3. The third-order valence-electron chi connectivity index (χ3n) is 2.91. The molecule has 3 aromatic rings. The van der Waals surface area contributed by atoms with E-state index in [1.165, 1.54) is 28.8 Å². The van der Waals surface area contributed by atoms with Crippen molar-refractivity contribution >= 4 is 11.6 Å². The molecular weight excluding hydrogens is 277 g/mol. The Balaban J connectivity index is 1.89. The van der Waals surface area contributed by atoms with Gasteiger partial charge in [-0.15, -0.1) is 10.2 Å². The lowest BCUT2D eigenvalue weighted by atomic mass is 10.3. The zero-order chi connectivity index (χ0) is 14.8. The second-order valence-electron chi connectivity index (χ2n) is 4.29. The van der Waals surface area contributed by atoms with E-state index >= 15 is 0 Å². The van der Waals surface area contributed by atoms with E-state index in [0.717, 1.165) is 0 Å². The maximum Gasteiger partial charge on any atom is 0.337 e. The summed E-state index contributed by atoms with van der Waals surface area (Å²) in [7, 11) is 0. The Labute approximate surface area is 118 Å². The number of carbonyl (C=O) groups is 1. The van der Waals surface area contributed by atoms with Crippen LogP contribution < -0.4 is 4.74 Å². The molecule has 21 heavy (non-hydrogen) atoms. The summed E-state index contributed by atoms with van der Waals surface area (Å²) in [6.45, 7) is -0.0226. The number of aromatic nitrogens is 3. The number of rotatable bonds is 4. The fourth-order valence-electron chi connectivity index (χ4n) is 1.87. The molecule has 0 atom stereocenters. The highest BCUT2D eigenvalue weighted by atomic mass is 19.1. The smallest absolute Gasteiger partial charge is 0.337 e. The number of ether oxygens (including phenoxy) is 1. The number of fused-ring (bicyclic) bond motifs is 1. The predicted molar refractivity (Wildman–Crippen MR) is 70.7 cm³/mol. The molecular formula is C14H10FN3O3. The van der Waals surface area contributed by atoms with Gasteiger partial charge in [0.25, 0.3) is 0 Å². The van der Waals surface area contributed by atoms with Gasteiger partial charge in [0.1, 0.15) is 6.61 Å². The van der Waals surface area contributed by atoms with Gasteiger partial charge < -0.3 is 9.84 Å². The van der Waals surface area contributed by atoms with Gasteiger partial charge in [0.15, 0.2) is 23.0 Å². The summed E-state index contributed by atoms with van der Waals surface area (Å²) in [5.74, 6) is -1.04. The Morgan fingerprint density at radius 2 is 2.05 bits per heavy atom. The zero-order valence-corrected chi connectivity index (χ0v) is 10.7. The first-order chi connectivity index (χ1) is 10.1. The van der Waals surface area contributed by atoms with Crippen LogP contribution in [0.15, 0.2) is 42.6 Å². The number of hydrogen-bond acceptors (Lipinski definition) is 4. The van der Waals surface area contributed by atoms with E-state index in [2.05, 4.69) is 10.2 Å². The number of halogens is 1. The van der Waals surface area contributed by atoms with Gasteiger partial charge in [-0.05, 0) is 24.3 Å². The van der Waals surface area contributed by atoms with Crippen LogP contribution in [0.1, 0.15) is 16.2 Å². The zero-order valence-electron chi connectivity index (χ0n) is 10.7. The monoisotopic (exact) mass is 287 g/mol. The minimum Gasteiger partial charge on any atom is -0.483 e. The topological polar surface area (TPSA) is 76.7 Å². The van der Waals surface area contributed by atoms with Crippen molar-refractivity contribution in [2.75, 3.05) is 0 Å². The Kier molecular flexibility index (Phi) is 3.23. The Bertz CT molecular complexity index is 816. The molecule has 3 rings (SSSR count). The van der Waals surface area contributed by atoms with E-state index in [1.807, 2.05) is 0 Å². The maximum atomic E-state index is 13.5. The normalized spacial score (nSPS) is 10.7.